The molecule has 0 aliphatic carbocycles. The van der Waals surface area contributed by atoms with Crippen molar-refractivity contribution in [1.29, 1.82) is 0 Å². The quantitative estimate of drug-likeness (QED) is 0.620. The van der Waals surface area contributed by atoms with Gasteiger partial charge in [0.1, 0.15) is 5.75 Å². The second-order valence-corrected chi connectivity index (χ2v) is 6.20. The summed E-state index contributed by atoms with van der Waals surface area (Å²) in [6.07, 6.45) is 0. The van der Waals surface area contributed by atoms with Crippen LogP contribution in [0.5, 0.6) is 5.75 Å². The van der Waals surface area contributed by atoms with Gasteiger partial charge in [0, 0.05) is 4.47 Å². The molecule has 0 bridgehead atoms. The lowest BCUT2D eigenvalue weighted by atomic mass is 10.0. The minimum Gasteiger partial charge on any atom is -0.494 e. The Morgan fingerprint density at radius 3 is 2.42 bits per heavy atom. The van der Waals surface area contributed by atoms with Crippen LogP contribution < -0.4 is 4.74 Å². The average Bonchev–Trinajstić information content (AvgIpc) is 2.42. The minimum absolute atomic E-state index is 0.195. The molecule has 0 amide bonds. The van der Waals surface area contributed by atoms with E-state index in [1.165, 1.54) is 16.7 Å². The number of halogens is 2. The summed E-state index contributed by atoms with van der Waals surface area (Å²) >= 11 is 7.31. The third-order valence-electron chi connectivity index (χ3n) is 3.00. The third kappa shape index (κ3) is 3.61. The van der Waals surface area contributed by atoms with E-state index >= 15 is 0 Å². The van der Waals surface area contributed by atoms with Gasteiger partial charge in [-0.15, -0.1) is 0 Å². The number of rotatable bonds is 4. The molecule has 19 heavy (non-hydrogen) atoms. The molecule has 0 N–H and O–H groups in total. The average molecular weight is 384 g/mol. The van der Waals surface area contributed by atoms with Gasteiger partial charge < -0.3 is 4.74 Å². The van der Waals surface area contributed by atoms with Crippen LogP contribution in [0.4, 0.5) is 0 Å². The molecule has 1 atom stereocenters. The first-order valence-electron chi connectivity index (χ1n) is 6.24. The Bertz CT molecular complexity index is 549. The van der Waals surface area contributed by atoms with Crippen molar-refractivity contribution in [3.63, 3.8) is 0 Å². The van der Waals surface area contributed by atoms with Crippen molar-refractivity contribution in [1.82, 2.24) is 0 Å². The van der Waals surface area contributed by atoms with Crippen LogP contribution in [-0.2, 0) is 0 Å². The molecule has 0 saturated carbocycles. The van der Waals surface area contributed by atoms with Crippen LogP contribution in [0.2, 0.25) is 0 Å². The summed E-state index contributed by atoms with van der Waals surface area (Å²) < 4.78 is 6.57. The Morgan fingerprint density at radius 2 is 1.79 bits per heavy atom. The molecule has 0 saturated heterocycles. The highest BCUT2D eigenvalue weighted by atomic mass is 79.9. The van der Waals surface area contributed by atoms with Crippen molar-refractivity contribution in [2.24, 2.45) is 0 Å². The Morgan fingerprint density at radius 1 is 1.11 bits per heavy atom. The molecule has 0 radical (unpaired) electrons. The summed E-state index contributed by atoms with van der Waals surface area (Å²) in [7, 11) is 0. The predicted octanol–water partition coefficient (Wildman–Crippen LogP) is 5.64. The lowest BCUT2D eigenvalue weighted by Gasteiger charge is -2.14. The molecule has 1 unspecified atom stereocenters. The number of hydrogen-bond donors (Lipinski definition) is 0. The molecule has 0 aromatic heterocycles. The zero-order valence-electron chi connectivity index (χ0n) is 11.0. The molecule has 0 aliphatic rings. The van der Waals surface area contributed by atoms with E-state index in [1.807, 2.05) is 19.1 Å². The smallest absolute Gasteiger partial charge is 0.119 e. The van der Waals surface area contributed by atoms with E-state index in [2.05, 4.69) is 69.1 Å². The maximum atomic E-state index is 5.47. The molecule has 2 aromatic rings. The summed E-state index contributed by atoms with van der Waals surface area (Å²) in [4.78, 5) is 0.195. The Balaban J connectivity index is 2.27. The van der Waals surface area contributed by atoms with Crippen LogP contribution in [0.3, 0.4) is 0 Å². The van der Waals surface area contributed by atoms with E-state index in [-0.39, 0.29) is 4.83 Å². The Hall–Kier alpha value is -0.800. The molecule has 100 valence electrons. The number of aryl methyl sites for hydroxylation is 1. The summed E-state index contributed by atoms with van der Waals surface area (Å²) in [6, 6.07) is 14.6. The standard InChI is InChI=1S/C16H16Br2O/c1-3-19-14-8-5-12(6-9-14)16(18)15-10-13(17)7-4-11(15)2/h4-10,16H,3H2,1-2H3. The Labute approximate surface area is 131 Å². The highest BCUT2D eigenvalue weighted by Crippen LogP contribution is 2.34. The van der Waals surface area contributed by atoms with Crippen molar-refractivity contribution < 1.29 is 4.74 Å². The molecule has 0 heterocycles. The van der Waals surface area contributed by atoms with Crippen molar-refractivity contribution in [3.05, 3.63) is 63.6 Å². The van der Waals surface area contributed by atoms with Crippen molar-refractivity contribution in [2.75, 3.05) is 6.61 Å². The van der Waals surface area contributed by atoms with Gasteiger partial charge in [0.15, 0.2) is 0 Å². The number of hydrogen-bond acceptors (Lipinski definition) is 1. The predicted molar refractivity (Wildman–Crippen MR) is 87.3 cm³/mol. The van der Waals surface area contributed by atoms with Gasteiger partial charge in [-0.3, -0.25) is 0 Å². The molecule has 0 spiro atoms. The van der Waals surface area contributed by atoms with Crippen LogP contribution in [0, 0.1) is 6.92 Å². The van der Waals surface area contributed by atoms with E-state index in [9.17, 15) is 0 Å². The van der Waals surface area contributed by atoms with E-state index < -0.39 is 0 Å². The zero-order chi connectivity index (χ0) is 13.8. The minimum atomic E-state index is 0.195. The van der Waals surface area contributed by atoms with Gasteiger partial charge in [-0.2, -0.15) is 0 Å². The number of benzene rings is 2. The van der Waals surface area contributed by atoms with Crippen molar-refractivity contribution in [3.8, 4) is 5.75 Å². The molecular weight excluding hydrogens is 368 g/mol. The lowest BCUT2D eigenvalue weighted by molar-refractivity contribution is 0.340. The van der Waals surface area contributed by atoms with Crippen LogP contribution in [0.15, 0.2) is 46.9 Å². The topological polar surface area (TPSA) is 9.23 Å². The maximum absolute atomic E-state index is 5.47. The first-order chi connectivity index (χ1) is 9.11. The van der Waals surface area contributed by atoms with E-state index in [0.717, 1.165) is 10.2 Å². The second kappa shape index (κ2) is 6.58. The first kappa shape index (κ1) is 14.6. The van der Waals surface area contributed by atoms with Gasteiger partial charge in [-0.25, -0.2) is 0 Å². The molecule has 3 heteroatoms. The van der Waals surface area contributed by atoms with Crippen LogP contribution >= 0.6 is 31.9 Å². The van der Waals surface area contributed by atoms with Gasteiger partial charge in [0.25, 0.3) is 0 Å². The van der Waals surface area contributed by atoms with Gasteiger partial charge >= 0.3 is 0 Å². The largest absolute Gasteiger partial charge is 0.494 e. The zero-order valence-corrected chi connectivity index (χ0v) is 14.2. The summed E-state index contributed by atoms with van der Waals surface area (Å²) in [5, 5.41) is 0. The summed E-state index contributed by atoms with van der Waals surface area (Å²) in [5.41, 5.74) is 3.78. The van der Waals surface area contributed by atoms with Gasteiger partial charge in [-0.1, -0.05) is 50.1 Å². The lowest BCUT2D eigenvalue weighted by Crippen LogP contribution is -1.97. The molecule has 2 rings (SSSR count). The van der Waals surface area contributed by atoms with Crippen LogP contribution in [0.1, 0.15) is 28.4 Å². The Kier molecular flexibility index (Phi) is 5.06. The SMILES string of the molecule is CCOc1ccc(C(Br)c2cc(Br)ccc2C)cc1. The second-order valence-electron chi connectivity index (χ2n) is 4.37. The monoisotopic (exact) mass is 382 g/mol. The molecule has 0 fully saturated rings. The fraction of sp³-hybridized carbons (Fsp3) is 0.250. The van der Waals surface area contributed by atoms with E-state index in [0.29, 0.717) is 6.61 Å². The fourth-order valence-corrected chi connectivity index (χ4v) is 3.14. The first-order valence-corrected chi connectivity index (χ1v) is 7.95. The van der Waals surface area contributed by atoms with Crippen molar-refractivity contribution >= 4 is 31.9 Å². The molecule has 1 nitrogen and oxygen atoms in total. The molecular formula is C16H16Br2O. The van der Waals surface area contributed by atoms with E-state index in [1.54, 1.807) is 0 Å². The highest BCUT2D eigenvalue weighted by Gasteiger charge is 2.13. The van der Waals surface area contributed by atoms with Crippen molar-refractivity contribution in [2.45, 2.75) is 18.7 Å². The van der Waals surface area contributed by atoms with Gasteiger partial charge in [0.05, 0.1) is 11.4 Å². The summed E-state index contributed by atoms with van der Waals surface area (Å²) in [6.45, 7) is 4.82. The number of ether oxygens (including phenoxy) is 1. The van der Waals surface area contributed by atoms with Gasteiger partial charge in [0.2, 0.25) is 0 Å². The fourth-order valence-electron chi connectivity index (χ4n) is 1.96. The van der Waals surface area contributed by atoms with Crippen LogP contribution in [-0.4, -0.2) is 6.61 Å². The summed E-state index contributed by atoms with van der Waals surface area (Å²) in [5.74, 6) is 0.914. The maximum Gasteiger partial charge on any atom is 0.119 e. The third-order valence-corrected chi connectivity index (χ3v) is 4.51. The van der Waals surface area contributed by atoms with E-state index in [4.69, 9.17) is 4.74 Å². The van der Waals surface area contributed by atoms with Gasteiger partial charge in [-0.05, 0) is 54.8 Å². The highest BCUT2D eigenvalue weighted by molar-refractivity contribution is 9.10. The molecule has 0 aliphatic heterocycles. The normalized spacial score (nSPS) is 12.2. The number of alkyl halides is 1. The molecule has 2 aromatic carbocycles. The van der Waals surface area contributed by atoms with Crippen LogP contribution in [0.25, 0.3) is 0 Å².